The van der Waals surface area contributed by atoms with Crippen molar-refractivity contribution in [1.29, 1.82) is 0 Å². The number of carbonyl (C=O) groups excluding carboxylic acids is 2. The lowest BCUT2D eigenvalue weighted by atomic mass is 10.0. The first-order valence-electron chi connectivity index (χ1n) is 12.7. The van der Waals surface area contributed by atoms with Crippen molar-refractivity contribution in [2.75, 3.05) is 23.7 Å². The number of likely N-dealkylation sites (N-methyl/N-ethyl adjacent to an activating group) is 1. The van der Waals surface area contributed by atoms with Crippen LogP contribution in [0, 0.1) is 20.8 Å². The third kappa shape index (κ3) is 7.68. The highest BCUT2D eigenvalue weighted by atomic mass is 32.2. The monoisotopic (exact) mass is 535 g/mol. The molecule has 0 fully saturated rings. The van der Waals surface area contributed by atoms with Gasteiger partial charge < -0.3 is 10.2 Å². The van der Waals surface area contributed by atoms with Gasteiger partial charge in [-0.05, 0) is 62.1 Å². The molecule has 3 aromatic rings. The van der Waals surface area contributed by atoms with Crippen molar-refractivity contribution in [3.8, 4) is 0 Å². The molecule has 1 N–H and O–H groups in total. The van der Waals surface area contributed by atoms with E-state index < -0.39 is 28.5 Å². The number of hydrogen-bond acceptors (Lipinski definition) is 4. The van der Waals surface area contributed by atoms with Crippen LogP contribution in [0.2, 0.25) is 0 Å². The number of carbonyl (C=O) groups is 2. The fourth-order valence-electron chi connectivity index (χ4n) is 4.23. The quantitative estimate of drug-likeness (QED) is 0.400. The van der Waals surface area contributed by atoms with E-state index in [1.807, 2.05) is 88.4 Å². The molecule has 0 aliphatic rings. The topological polar surface area (TPSA) is 86.8 Å². The van der Waals surface area contributed by atoms with Gasteiger partial charge in [0.1, 0.15) is 12.6 Å². The summed E-state index contributed by atoms with van der Waals surface area (Å²) >= 11 is 0. The van der Waals surface area contributed by atoms with Gasteiger partial charge in [-0.2, -0.15) is 0 Å². The second kappa shape index (κ2) is 12.7. The largest absolute Gasteiger partial charge is 0.355 e. The van der Waals surface area contributed by atoms with Crippen molar-refractivity contribution < 1.29 is 18.0 Å². The number of nitrogens with zero attached hydrogens (tertiary/aromatic N) is 2. The van der Waals surface area contributed by atoms with E-state index in [0.29, 0.717) is 18.7 Å². The number of rotatable bonds is 11. The van der Waals surface area contributed by atoms with Crippen LogP contribution < -0.4 is 9.62 Å². The molecule has 3 aromatic carbocycles. The van der Waals surface area contributed by atoms with Crippen molar-refractivity contribution in [2.24, 2.45) is 0 Å². The van der Waals surface area contributed by atoms with Crippen LogP contribution in [-0.2, 0) is 32.6 Å². The van der Waals surface area contributed by atoms with Crippen LogP contribution in [0.5, 0.6) is 0 Å². The zero-order valence-electron chi connectivity index (χ0n) is 22.8. The normalized spacial score (nSPS) is 12.0. The Morgan fingerprint density at radius 1 is 0.868 bits per heavy atom. The number of aryl methyl sites for hydroxylation is 3. The summed E-state index contributed by atoms with van der Waals surface area (Å²) in [4.78, 5) is 28.8. The minimum atomic E-state index is -3.78. The molecule has 0 aliphatic carbocycles. The standard InChI is InChI=1S/C30H37N3O4S/c1-6-31-30(35)28(19-25-10-8-7-9-11-25)32(20-26-15-12-22(2)13-16-26)29(34)21-33(38(5,36)37)27-17-14-23(3)24(4)18-27/h7-18,28H,6,19-21H2,1-5H3,(H,31,35)/t28-/m0/s1. The summed E-state index contributed by atoms with van der Waals surface area (Å²) in [6, 6.07) is 21.7. The Bertz CT molecular complexity index is 1360. The Morgan fingerprint density at radius 2 is 1.53 bits per heavy atom. The maximum absolute atomic E-state index is 14.0. The summed E-state index contributed by atoms with van der Waals surface area (Å²) in [5, 5.41) is 2.86. The number of hydrogen-bond donors (Lipinski definition) is 1. The molecule has 0 saturated carbocycles. The first-order valence-corrected chi connectivity index (χ1v) is 14.6. The molecule has 0 unspecified atom stereocenters. The van der Waals surface area contributed by atoms with Gasteiger partial charge >= 0.3 is 0 Å². The van der Waals surface area contributed by atoms with Crippen LogP contribution in [0.25, 0.3) is 0 Å². The second-order valence-corrected chi connectivity index (χ2v) is 11.6. The molecule has 2 amide bonds. The van der Waals surface area contributed by atoms with Gasteiger partial charge in [0.15, 0.2) is 0 Å². The first-order chi connectivity index (χ1) is 18.0. The molecular formula is C30H37N3O4S. The molecule has 0 aromatic heterocycles. The number of amides is 2. The van der Waals surface area contributed by atoms with Gasteiger partial charge in [0.25, 0.3) is 0 Å². The van der Waals surface area contributed by atoms with Crippen LogP contribution in [0.3, 0.4) is 0 Å². The van der Waals surface area contributed by atoms with E-state index in [-0.39, 0.29) is 12.5 Å². The van der Waals surface area contributed by atoms with E-state index in [1.54, 1.807) is 12.1 Å². The molecule has 3 rings (SSSR count). The molecule has 38 heavy (non-hydrogen) atoms. The predicted octanol–water partition coefficient (Wildman–Crippen LogP) is 4.15. The molecule has 1 atom stereocenters. The van der Waals surface area contributed by atoms with E-state index in [1.165, 1.54) is 4.90 Å². The molecule has 0 saturated heterocycles. The zero-order chi connectivity index (χ0) is 27.9. The molecule has 202 valence electrons. The molecule has 0 radical (unpaired) electrons. The second-order valence-electron chi connectivity index (χ2n) is 9.65. The van der Waals surface area contributed by atoms with Crippen molar-refractivity contribution in [3.05, 3.63) is 101 Å². The Hall–Kier alpha value is -3.65. The van der Waals surface area contributed by atoms with E-state index in [2.05, 4.69) is 5.32 Å². The van der Waals surface area contributed by atoms with Crippen LogP contribution in [0.4, 0.5) is 5.69 Å². The highest BCUT2D eigenvalue weighted by Gasteiger charge is 2.32. The highest BCUT2D eigenvalue weighted by Crippen LogP contribution is 2.23. The minimum absolute atomic E-state index is 0.165. The van der Waals surface area contributed by atoms with Gasteiger partial charge in [0.2, 0.25) is 21.8 Å². The first kappa shape index (κ1) is 28.9. The Labute approximate surface area is 226 Å². The van der Waals surface area contributed by atoms with Crippen molar-refractivity contribution in [1.82, 2.24) is 10.2 Å². The molecule has 0 bridgehead atoms. The van der Waals surface area contributed by atoms with Crippen molar-refractivity contribution in [2.45, 2.75) is 46.7 Å². The fraction of sp³-hybridized carbons (Fsp3) is 0.333. The Kier molecular flexibility index (Phi) is 9.69. The molecule has 8 heteroatoms. The summed E-state index contributed by atoms with van der Waals surface area (Å²) in [5.74, 6) is -0.740. The predicted molar refractivity (Wildman–Crippen MR) is 152 cm³/mol. The maximum Gasteiger partial charge on any atom is 0.244 e. The van der Waals surface area contributed by atoms with Gasteiger partial charge in [-0.1, -0.05) is 66.2 Å². The lowest BCUT2D eigenvalue weighted by Gasteiger charge is -2.33. The number of anilines is 1. The average molecular weight is 536 g/mol. The smallest absolute Gasteiger partial charge is 0.244 e. The lowest BCUT2D eigenvalue weighted by Crippen LogP contribution is -2.53. The van der Waals surface area contributed by atoms with Gasteiger partial charge in [-0.15, -0.1) is 0 Å². The maximum atomic E-state index is 14.0. The highest BCUT2D eigenvalue weighted by molar-refractivity contribution is 7.92. The van der Waals surface area contributed by atoms with Crippen molar-refractivity contribution >= 4 is 27.5 Å². The van der Waals surface area contributed by atoms with Crippen LogP contribution >= 0.6 is 0 Å². The summed E-state index contributed by atoms with van der Waals surface area (Å²) in [6.45, 7) is 7.81. The molecule has 0 aliphatic heterocycles. The summed E-state index contributed by atoms with van der Waals surface area (Å²) in [5.41, 5.74) is 5.19. The van der Waals surface area contributed by atoms with Gasteiger partial charge in [-0.25, -0.2) is 8.42 Å². The van der Waals surface area contributed by atoms with Crippen LogP contribution in [-0.4, -0.2) is 50.5 Å². The van der Waals surface area contributed by atoms with Crippen LogP contribution in [0.15, 0.2) is 72.8 Å². The molecule has 7 nitrogen and oxygen atoms in total. The third-order valence-electron chi connectivity index (χ3n) is 6.55. The van der Waals surface area contributed by atoms with Gasteiger partial charge in [0.05, 0.1) is 11.9 Å². The average Bonchev–Trinajstić information content (AvgIpc) is 2.87. The van der Waals surface area contributed by atoms with Gasteiger partial charge in [-0.3, -0.25) is 13.9 Å². The Balaban J connectivity index is 2.04. The number of nitrogens with one attached hydrogen (secondary N) is 1. The fourth-order valence-corrected chi connectivity index (χ4v) is 5.07. The van der Waals surface area contributed by atoms with Crippen molar-refractivity contribution in [3.63, 3.8) is 0 Å². The van der Waals surface area contributed by atoms with E-state index >= 15 is 0 Å². The van der Waals surface area contributed by atoms with E-state index in [4.69, 9.17) is 0 Å². The minimum Gasteiger partial charge on any atom is -0.355 e. The Morgan fingerprint density at radius 3 is 2.11 bits per heavy atom. The summed E-state index contributed by atoms with van der Waals surface area (Å²) in [7, 11) is -3.78. The summed E-state index contributed by atoms with van der Waals surface area (Å²) in [6.07, 6.45) is 1.39. The van der Waals surface area contributed by atoms with E-state index in [9.17, 15) is 18.0 Å². The summed E-state index contributed by atoms with van der Waals surface area (Å²) < 4.78 is 26.8. The zero-order valence-corrected chi connectivity index (χ0v) is 23.6. The molecule has 0 spiro atoms. The van der Waals surface area contributed by atoms with Gasteiger partial charge in [0, 0.05) is 19.5 Å². The van der Waals surface area contributed by atoms with Crippen LogP contribution in [0.1, 0.15) is 34.7 Å². The SMILES string of the molecule is CCNC(=O)[C@H](Cc1ccccc1)N(Cc1ccc(C)cc1)C(=O)CN(c1ccc(C)c(C)c1)S(C)(=O)=O. The lowest BCUT2D eigenvalue weighted by molar-refractivity contribution is -0.140. The molecular weight excluding hydrogens is 498 g/mol. The number of benzene rings is 3. The third-order valence-corrected chi connectivity index (χ3v) is 7.69. The molecule has 0 heterocycles. The van der Waals surface area contributed by atoms with E-state index in [0.717, 1.165) is 38.4 Å². The number of sulfonamides is 1.